The van der Waals surface area contributed by atoms with Crippen molar-refractivity contribution in [2.75, 3.05) is 11.9 Å². The number of carboxylic acid groups (broad SMARTS) is 1. The van der Waals surface area contributed by atoms with Crippen molar-refractivity contribution in [3.05, 3.63) is 40.8 Å². The highest BCUT2D eigenvalue weighted by Gasteiger charge is 2.37. The summed E-state index contributed by atoms with van der Waals surface area (Å²) in [5.74, 6) is -3.05. The number of esters is 1. The molecule has 0 bridgehead atoms. The number of nitrogens with one attached hydrogen (secondary N) is 1. The van der Waals surface area contributed by atoms with E-state index in [2.05, 4.69) is 5.32 Å². The number of rotatable bonds is 7. The van der Waals surface area contributed by atoms with Crippen LogP contribution < -0.4 is 5.32 Å². The number of benzene rings is 1. The van der Waals surface area contributed by atoms with Crippen LogP contribution in [0.5, 0.6) is 0 Å². The van der Waals surface area contributed by atoms with E-state index in [1.807, 2.05) is 44.2 Å². The zero-order chi connectivity index (χ0) is 21.7. The normalized spacial score (nSPS) is 18.6. The van der Waals surface area contributed by atoms with Gasteiger partial charge >= 0.3 is 11.9 Å². The Morgan fingerprint density at radius 3 is 2.43 bits per heavy atom. The molecule has 6 nitrogen and oxygen atoms in total. The van der Waals surface area contributed by atoms with Crippen LogP contribution in [0.4, 0.5) is 5.00 Å². The highest BCUT2D eigenvalue weighted by atomic mass is 32.1. The number of thiophene rings is 1. The summed E-state index contributed by atoms with van der Waals surface area (Å²) >= 11 is 1.32. The molecule has 2 unspecified atom stereocenters. The predicted molar refractivity (Wildman–Crippen MR) is 117 cm³/mol. The summed E-state index contributed by atoms with van der Waals surface area (Å²) in [4.78, 5) is 38.4. The van der Waals surface area contributed by atoms with Crippen molar-refractivity contribution in [3.63, 3.8) is 0 Å². The number of hydrogen-bond donors (Lipinski definition) is 2. The fraction of sp³-hybridized carbons (Fsp3) is 0.435. The average molecular weight is 430 g/mol. The second-order valence-electron chi connectivity index (χ2n) is 7.56. The van der Waals surface area contributed by atoms with E-state index in [1.54, 1.807) is 0 Å². The molecule has 1 heterocycles. The second kappa shape index (κ2) is 9.89. The molecule has 1 aromatic heterocycles. The molecule has 30 heavy (non-hydrogen) atoms. The molecule has 2 atom stereocenters. The molecule has 160 valence electrons. The molecule has 7 heteroatoms. The first-order chi connectivity index (χ1) is 14.4. The molecule has 1 amide bonds. The van der Waals surface area contributed by atoms with Crippen LogP contribution in [0.3, 0.4) is 0 Å². The van der Waals surface area contributed by atoms with Gasteiger partial charge in [0.05, 0.1) is 18.4 Å². The molecule has 3 rings (SSSR count). The molecule has 0 radical (unpaired) electrons. The van der Waals surface area contributed by atoms with E-state index in [4.69, 9.17) is 4.74 Å². The Bertz CT molecular complexity index is 921. The van der Waals surface area contributed by atoms with Gasteiger partial charge < -0.3 is 15.2 Å². The van der Waals surface area contributed by atoms with Gasteiger partial charge in [0.2, 0.25) is 5.91 Å². The molecular formula is C23H27NO5S. The highest BCUT2D eigenvalue weighted by Crippen LogP contribution is 2.41. The van der Waals surface area contributed by atoms with Crippen molar-refractivity contribution in [2.45, 2.75) is 46.0 Å². The predicted octanol–water partition coefficient (Wildman–Crippen LogP) is 5.12. The van der Waals surface area contributed by atoms with E-state index < -0.39 is 23.8 Å². The average Bonchev–Trinajstić information content (AvgIpc) is 3.08. The van der Waals surface area contributed by atoms with E-state index in [9.17, 15) is 19.5 Å². The van der Waals surface area contributed by atoms with Gasteiger partial charge in [-0.25, -0.2) is 4.79 Å². The molecule has 1 saturated carbocycles. The van der Waals surface area contributed by atoms with Crippen LogP contribution in [0.25, 0.3) is 11.1 Å². The standard InChI is InChI=1S/C23H27NO5S/c1-3-13-29-23(28)19-18(15-9-5-4-6-10-15)14(2)30-21(19)24-20(25)16-11-7-8-12-17(16)22(26)27/h4-6,9-10,16-17H,3,7-8,11-13H2,1-2H3,(H,24,25)(H,26,27). The lowest BCUT2D eigenvalue weighted by molar-refractivity contribution is -0.147. The fourth-order valence-corrected chi connectivity index (χ4v) is 5.06. The third kappa shape index (κ3) is 4.73. The van der Waals surface area contributed by atoms with Crippen LogP contribution in [-0.2, 0) is 14.3 Å². The van der Waals surface area contributed by atoms with Crippen molar-refractivity contribution < 1.29 is 24.2 Å². The Hall–Kier alpha value is -2.67. The topological polar surface area (TPSA) is 92.7 Å². The number of hydrogen-bond acceptors (Lipinski definition) is 5. The summed E-state index contributed by atoms with van der Waals surface area (Å²) in [6.45, 7) is 4.11. The third-order valence-corrected chi connectivity index (χ3v) is 6.47. The Labute approximate surface area is 180 Å². The van der Waals surface area contributed by atoms with Crippen LogP contribution in [0.1, 0.15) is 54.3 Å². The van der Waals surface area contributed by atoms with Gasteiger partial charge in [0.1, 0.15) is 10.6 Å². The van der Waals surface area contributed by atoms with Gasteiger partial charge in [-0.1, -0.05) is 50.1 Å². The van der Waals surface area contributed by atoms with Gasteiger partial charge in [-0.3, -0.25) is 9.59 Å². The minimum atomic E-state index is -0.940. The minimum absolute atomic E-state index is 0.291. The van der Waals surface area contributed by atoms with Crippen molar-refractivity contribution in [1.82, 2.24) is 0 Å². The molecule has 2 aromatic rings. The quantitative estimate of drug-likeness (QED) is 0.596. The Kier molecular flexibility index (Phi) is 7.26. The molecule has 1 aliphatic rings. The maximum atomic E-state index is 13.0. The van der Waals surface area contributed by atoms with E-state index in [0.29, 0.717) is 36.4 Å². The molecule has 2 N–H and O–H groups in total. The van der Waals surface area contributed by atoms with E-state index >= 15 is 0 Å². The molecule has 0 saturated heterocycles. The maximum absolute atomic E-state index is 13.0. The van der Waals surface area contributed by atoms with Gasteiger partial charge in [-0.05, 0) is 31.7 Å². The van der Waals surface area contributed by atoms with Crippen LogP contribution in [0.15, 0.2) is 30.3 Å². The lowest BCUT2D eigenvalue weighted by Crippen LogP contribution is -2.36. The number of ether oxygens (including phenoxy) is 1. The first-order valence-corrected chi connectivity index (χ1v) is 11.1. The number of aliphatic carboxylic acids is 1. The lowest BCUT2D eigenvalue weighted by Gasteiger charge is -2.27. The van der Waals surface area contributed by atoms with Crippen LogP contribution in [0, 0.1) is 18.8 Å². The van der Waals surface area contributed by atoms with Crippen LogP contribution in [-0.4, -0.2) is 29.6 Å². The first kappa shape index (κ1) is 22.0. The zero-order valence-electron chi connectivity index (χ0n) is 17.3. The summed E-state index contributed by atoms with van der Waals surface area (Å²) in [7, 11) is 0. The number of amides is 1. The SMILES string of the molecule is CCCOC(=O)c1c(NC(=O)C2CCCCC2C(=O)O)sc(C)c1-c1ccccc1. The Morgan fingerprint density at radius 2 is 1.80 bits per heavy atom. The van der Waals surface area contributed by atoms with Crippen molar-refractivity contribution >= 4 is 34.2 Å². The smallest absolute Gasteiger partial charge is 0.341 e. The summed E-state index contributed by atoms with van der Waals surface area (Å²) in [6.07, 6.45) is 3.36. The highest BCUT2D eigenvalue weighted by molar-refractivity contribution is 7.17. The van der Waals surface area contributed by atoms with E-state index in [1.165, 1.54) is 11.3 Å². The van der Waals surface area contributed by atoms with Crippen molar-refractivity contribution in [1.29, 1.82) is 0 Å². The summed E-state index contributed by atoms with van der Waals surface area (Å²) in [6, 6.07) is 9.52. The molecule has 0 spiro atoms. The largest absolute Gasteiger partial charge is 0.481 e. The van der Waals surface area contributed by atoms with Gasteiger partial charge in [-0.15, -0.1) is 11.3 Å². The lowest BCUT2D eigenvalue weighted by atomic mass is 9.78. The van der Waals surface area contributed by atoms with Gasteiger partial charge in [0.25, 0.3) is 0 Å². The fourth-order valence-electron chi connectivity index (χ4n) is 3.99. The Morgan fingerprint density at radius 1 is 1.13 bits per heavy atom. The van der Waals surface area contributed by atoms with Crippen molar-refractivity contribution in [3.8, 4) is 11.1 Å². The second-order valence-corrected chi connectivity index (χ2v) is 8.79. The Balaban J connectivity index is 1.96. The number of aryl methyl sites for hydroxylation is 1. The van der Waals surface area contributed by atoms with Gasteiger partial charge in [-0.2, -0.15) is 0 Å². The van der Waals surface area contributed by atoms with Crippen LogP contribution in [0.2, 0.25) is 0 Å². The monoisotopic (exact) mass is 429 g/mol. The summed E-state index contributed by atoms with van der Waals surface area (Å²) in [5, 5.41) is 12.8. The van der Waals surface area contributed by atoms with E-state index in [-0.39, 0.29) is 5.91 Å². The van der Waals surface area contributed by atoms with Gasteiger partial charge in [0.15, 0.2) is 0 Å². The maximum Gasteiger partial charge on any atom is 0.341 e. The number of carbonyl (C=O) groups excluding carboxylic acids is 2. The van der Waals surface area contributed by atoms with Crippen molar-refractivity contribution in [2.24, 2.45) is 11.8 Å². The number of carboxylic acids is 1. The van der Waals surface area contributed by atoms with Crippen LogP contribution >= 0.6 is 11.3 Å². The zero-order valence-corrected chi connectivity index (χ0v) is 18.1. The summed E-state index contributed by atoms with van der Waals surface area (Å²) in [5.41, 5.74) is 1.96. The summed E-state index contributed by atoms with van der Waals surface area (Å²) < 4.78 is 5.40. The van der Waals surface area contributed by atoms with Gasteiger partial charge in [0, 0.05) is 10.4 Å². The minimum Gasteiger partial charge on any atom is -0.481 e. The van der Waals surface area contributed by atoms with E-state index in [0.717, 1.165) is 28.8 Å². The molecule has 1 aromatic carbocycles. The molecular weight excluding hydrogens is 402 g/mol. The number of carbonyl (C=O) groups is 3. The third-order valence-electron chi connectivity index (χ3n) is 5.44. The molecule has 1 aliphatic carbocycles. The number of anilines is 1. The molecule has 1 fully saturated rings. The molecule has 0 aliphatic heterocycles. The first-order valence-electron chi connectivity index (χ1n) is 10.3.